The number of rotatable bonds is 4. The van der Waals surface area contributed by atoms with Crippen molar-refractivity contribution in [1.82, 2.24) is 3.96 Å². The first-order valence-corrected chi connectivity index (χ1v) is 6.36. The Hall–Kier alpha value is -1.13. The van der Waals surface area contributed by atoms with Gasteiger partial charge in [-0.3, -0.25) is 8.75 Å². The molecule has 86 valence electrons. The average molecular weight is 236 g/mol. The Morgan fingerprint density at radius 1 is 1.44 bits per heavy atom. The van der Waals surface area contributed by atoms with Crippen LogP contribution in [0.25, 0.3) is 10.1 Å². The molecule has 1 heterocycles. The molecule has 1 aromatic carbocycles. The third kappa shape index (κ3) is 1.90. The highest BCUT2D eigenvalue weighted by molar-refractivity contribution is 7.13. The molecule has 0 aliphatic heterocycles. The molecular weight excluding hydrogens is 220 g/mol. The summed E-state index contributed by atoms with van der Waals surface area (Å²) in [6.45, 7) is 2.72. The fourth-order valence-corrected chi connectivity index (χ4v) is 3.10. The van der Waals surface area contributed by atoms with Gasteiger partial charge in [-0.2, -0.15) is 0 Å². The Morgan fingerprint density at radius 2 is 2.19 bits per heavy atom. The lowest BCUT2D eigenvalue weighted by Crippen LogP contribution is -2.21. The predicted octanol–water partition coefficient (Wildman–Crippen LogP) is 2.36. The minimum Gasteiger partial charge on any atom is -0.330 e. The van der Waals surface area contributed by atoms with E-state index in [0.717, 1.165) is 22.9 Å². The van der Waals surface area contributed by atoms with Gasteiger partial charge in [0.1, 0.15) is 0 Å². The van der Waals surface area contributed by atoms with E-state index < -0.39 is 0 Å². The number of benzene rings is 1. The van der Waals surface area contributed by atoms with Gasteiger partial charge < -0.3 is 5.73 Å². The summed E-state index contributed by atoms with van der Waals surface area (Å²) in [6, 6.07) is 8.00. The lowest BCUT2D eigenvalue weighted by Gasteiger charge is -2.13. The van der Waals surface area contributed by atoms with E-state index >= 15 is 0 Å². The van der Waals surface area contributed by atoms with Crippen LogP contribution in [-0.4, -0.2) is 10.5 Å². The minimum absolute atomic E-state index is 0.126. The summed E-state index contributed by atoms with van der Waals surface area (Å²) in [5.74, 6) is 0. The maximum Gasteiger partial charge on any atom is 0.268 e. The van der Waals surface area contributed by atoms with Crippen LogP contribution in [0, 0.1) is 0 Å². The molecule has 0 bridgehead atoms. The highest BCUT2D eigenvalue weighted by Crippen LogP contribution is 2.22. The van der Waals surface area contributed by atoms with Crippen LogP contribution in [0.3, 0.4) is 0 Å². The number of fused-ring (bicyclic) bond motifs is 1. The van der Waals surface area contributed by atoms with E-state index in [9.17, 15) is 4.79 Å². The molecule has 2 N–H and O–H groups in total. The van der Waals surface area contributed by atoms with Crippen molar-refractivity contribution in [3.05, 3.63) is 34.6 Å². The summed E-state index contributed by atoms with van der Waals surface area (Å²) in [7, 11) is 0. The lowest BCUT2D eigenvalue weighted by molar-refractivity contribution is 0.480. The smallest absolute Gasteiger partial charge is 0.268 e. The Bertz CT molecular complexity index is 529. The number of nitrogens with two attached hydrogens (primary N) is 1. The molecule has 0 saturated carbocycles. The molecule has 4 heteroatoms. The van der Waals surface area contributed by atoms with E-state index in [1.807, 2.05) is 28.2 Å². The van der Waals surface area contributed by atoms with Gasteiger partial charge in [0, 0.05) is 6.04 Å². The molecule has 1 atom stereocenters. The van der Waals surface area contributed by atoms with Crippen molar-refractivity contribution in [3.63, 3.8) is 0 Å². The van der Waals surface area contributed by atoms with Crippen LogP contribution in [0.5, 0.6) is 0 Å². The quantitative estimate of drug-likeness (QED) is 0.886. The number of nitrogens with zero attached hydrogens (tertiary/aromatic N) is 1. The molecule has 2 aromatic rings. The summed E-state index contributed by atoms with van der Waals surface area (Å²) in [4.78, 5) is 12.1. The Morgan fingerprint density at radius 3 is 2.81 bits per heavy atom. The molecule has 0 fully saturated rings. The molecule has 0 spiro atoms. The van der Waals surface area contributed by atoms with Crippen LogP contribution in [0.1, 0.15) is 25.8 Å². The average Bonchev–Trinajstić information content (AvgIpc) is 2.64. The van der Waals surface area contributed by atoms with Crippen molar-refractivity contribution < 1.29 is 0 Å². The Labute approximate surface area is 98.7 Å². The van der Waals surface area contributed by atoms with Gasteiger partial charge in [-0.05, 0) is 31.5 Å². The molecule has 0 aliphatic carbocycles. The van der Waals surface area contributed by atoms with Gasteiger partial charge in [0.15, 0.2) is 0 Å². The Kier molecular flexibility index (Phi) is 3.41. The molecule has 0 aliphatic rings. The highest BCUT2D eigenvalue weighted by atomic mass is 32.1. The second-order valence-electron chi connectivity index (χ2n) is 3.86. The van der Waals surface area contributed by atoms with Gasteiger partial charge >= 0.3 is 0 Å². The summed E-state index contributed by atoms with van der Waals surface area (Å²) in [5.41, 5.74) is 5.70. The largest absolute Gasteiger partial charge is 0.330 e. The van der Waals surface area contributed by atoms with Crippen LogP contribution >= 0.6 is 11.5 Å². The number of hydrogen-bond acceptors (Lipinski definition) is 3. The molecule has 0 radical (unpaired) electrons. The Balaban J connectivity index is 2.52. The molecule has 0 saturated heterocycles. The topological polar surface area (TPSA) is 48.0 Å². The van der Waals surface area contributed by atoms with Gasteiger partial charge in [-0.25, -0.2) is 0 Å². The van der Waals surface area contributed by atoms with Gasteiger partial charge in [-0.15, -0.1) is 0 Å². The van der Waals surface area contributed by atoms with Crippen LogP contribution in [-0.2, 0) is 0 Å². The van der Waals surface area contributed by atoms with Crippen LogP contribution in [0.15, 0.2) is 29.1 Å². The van der Waals surface area contributed by atoms with Crippen molar-refractivity contribution in [2.75, 3.05) is 6.54 Å². The monoisotopic (exact) mass is 236 g/mol. The normalized spacial score (nSPS) is 13.1. The summed E-state index contributed by atoms with van der Waals surface area (Å²) >= 11 is 1.55. The van der Waals surface area contributed by atoms with E-state index in [2.05, 4.69) is 6.92 Å². The second-order valence-corrected chi connectivity index (χ2v) is 4.87. The van der Waals surface area contributed by atoms with Crippen molar-refractivity contribution in [2.24, 2.45) is 5.73 Å². The van der Waals surface area contributed by atoms with E-state index in [1.54, 1.807) is 11.5 Å². The SMILES string of the molecule is CCC(CCN)n1sc2ccccc2c1=O. The molecule has 2 rings (SSSR count). The fourth-order valence-electron chi connectivity index (χ4n) is 1.91. The zero-order valence-electron chi connectivity index (χ0n) is 9.35. The molecular formula is C12H16N2OS. The summed E-state index contributed by atoms with van der Waals surface area (Å²) in [6.07, 6.45) is 1.81. The molecule has 16 heavy (non-hydrogen) atoms. The third-order valence-electron chi connectivity index (χ3n) is 2.82. The van der Waals surface area contributed by atoms with Crippen LogP contribution < -0.4 is 11.3 Å². The summed E-state index contributed by atoms with van der Waals surface area (Å²) < 4.78 is 2.93. The van der Waals surface area contributed by atoms with Gasteiger partial charge in [-0.1, -0.05) is 30.6 Å². The lowest BCUT2D eigenvalue weighted by atomic mass is 10.1. The first-order chi connectivity index (χ1) is 7.77. The van der Waals surface area contributed by atoms with Crippen molar-refractivity contribution >= 4 is 21.6 Å². The zero-order valence-corrected chi connectivity index (χ0v) is 10.2. The molecule has 1 unspecified atom stereocenters. The highest BCUT2D eigenvalue weighted by Gasteiger charge is 2.14. The predicted molar refractivity (Wildman–Crippen MR) is 69.1 cm³/mol. The number of hydrogen-bond donors (Lipinski definition) is 1. The maximum atomic E-state index is 12.1. The van der Waals surface area contributed by atoms with E-state index in [-0.39, 0.29) is 11.6 Å². The standard InChI is InChI=1S/C12H16N2OS/c1-2-9(7-8-13)14-12(15)10-5-3-4-6-11(10)16-14/h3-6,9H,2,7-8,13H2,1H3. The van der Waals surface area contributed by atoms with Gasteiger partial charge in [0.25, 0.3) is 5.56 Å². The van der Waals surface area contributed by atoms with E-state index in [4.69, 9.17) is 5.73 Å². The summed E-state index contributed by atoms with van der Waals surface area (Å²) in [5, 5.41) is 0.822. The fraction of sp³-hybridized carbons (Fsp3) is 0.417. The molecule has 0 amide bonds. The van der Waals surface area contributed by atoms with E-state index in [0.29, 0.717) is 6.54 Å². The molecule has 1 aromatic heterocycles. The second kappa shape index (κ2) is 4.80. The third-order valence-corrected chi connectivity index (χ3v) is 4.03. The maximum absolute atomic E-state index is 12.1. The van der Waals surface area contributed by atoms with Crippen LogP contribution in [0.2, 0.25) is 0 Å². The first-order valence-electron chi connectivity index (χ1n) is 5.58. The van der Waals surface area contributed by atoms with Gasteiger partial charge in [0.2, 0.25) is 0 Å². The van der Waals surface area contributed by atoms with Gasteiger partial charge in [0.05, 0.1) is 10.1 Å². The molecule has 3 nitrogen and oxygen atoms in total. The van der Waals surface area contributed by atoms with Crippen LogP contribution in [0.4, 0.5) is 0 Å². The first kappa shape index (κ1) is 11.4. The van der Waals surface area contributed by atoms with Crippen molar-refractivity contribution in [3.8, 4) is 0 Å². The van der Waals surface area contributed by atoms with Crippen molar-refractivity contribution in [2.45, 2.75) is 25.8 Å². The number of aromatic nitrogens is 1. The van der Waals surface area contributed by atoms with Crippen molar-refractivity contribution in [1.29, 1.82) is 0 Å². The minimum atomic E-state index is 0.126. The van der Waals surface area contributed by atoms with E-state index in [1.165, 1.54) is 0 Å². The zero-order chi connectivity index (χ0) is 11.5.